The summed E-state index contributed by atoms with van der Waals surface area (Å²) in [6.45, 7) is 13.5. The highest BCUT2D eigenvalue weighted by Gasteiger charge is 2.97. The predicted octanol–water partition coefficient (Wildman–Crippen LogP) is 2.30. The Labute approximate surface area is 141 Å². The molecule has 5 fully saturated rings. The minimum Gasteiger partial charge on any atom is -0.455 e. The lowest BCUT2D eigenvalue weighted by atomic mass is 9.44. The van der Waals surface area contributed by atoms with Gasteiger partial charge in [-0.05, 0) is 39.0 Å². The van der Waals surface area contributed by atoms with Gasteiger partial charge in [-0.25, -0.2) is 9.59 Å². The maximum absolute atomic E-state index is 12.4. The predicted molar refractivity (Wildman–Crippen MR) is 83.8 cm³/mol. The van der Waals surface area contributed by atoms with Crippen LogP contribution in [0.15, 0.2) is 24.3 Å². The molecule has 2 heterocycles. The standard InChI is InChI=1S/C19H22O5/c1-9(2)14(20)22-12-8-16(4)11-6-7-17(5)13(11)19(16)18(12,24-17)10(3)15(21)23-19/h11-13H,1,3,6-8H2,2,4-5H3/t11-,12-,13-,16-,17+,18-,19-/m0/s1. The van der Waals surface area contributed by atoms with Crippen LogP contribution in [-0.2, 0) is 23.8 Å². The Balaban J connectivity index is 1.70. The van der Waals surface area contributed by atoms with E-state index in [2.05, 4.69) is 27.0 Å². The van der Waals surface area contributed by atoms with Crippen molar-refractivity contribution in [2.45, 2.75) is 62.9 Å². The Morgan fingerprint density at radius 2 is 2.08 bits per heavy atom. The highest BCUT2D eigenvalue weighted by atomic mass is 16.7. The molecule has 3 saturated carbocycles. The normalized spacial score (nSPS) is 55.7. The van der Waals surface area contributed by atoms with E-state index in [9.17, 15) is 9.59 Å². The molecular formula is C19H22O5. The minimum absolute atomic E-state index is 0.159. The molecule has 1 spiro atoms. The summed E-state index contributed by atoms with van der Waals surface area (Å²) in [7, 11) is 0. The first-order chi connectivity index (χ1) is 11.1. The van der Waals surface area contributed by atoms with Gasteiger partial charge in [-0.3, -0.25) is 0 Å². The fourth-order valence-electron chi connectivity index (χ4n) is 6.92. The molecular weight excluding hydrogens is 308 g/mol. The fourth-order valence-corrected chi connectivity index (χ4v) is 6.92. The van der Waals surface area contributed by atoms with Crippen LogP contribution in [0.2, 0.25) is 0 Å². The lowest BCUT2D eigenvalue weighted by Gasteiger charge is -2.60. The van der Waals surface area contributed by atoms with E-state index in [1.165, 1.54) is 0 Å². The number of hydrogen-bond donors (Lipinski definition) is 0. The maximum Gasteiger partial charge on any atom is 0.337 e. The smallest absolute Gasteiger partial charge is 0.337 e. The Morgan fingerprint density at radius 1 is 1.38 bits per heavy atom. The number of rotatable bonds is 2. The van der Waals surface area contributed by atoms with Gasteiger partial charge < -0.3 is 14.2 Å². The van der Waals surface area contributed by atoms with Crippen LogP contribution >= 0.6 is 0 Å². The van der Waals surface area contributed by atoms with Crippen molar-refractivity contribution in [2.24, 2.45) is 17.3 Å². The molecule has 0 aromatic carbocycles. The van der Waals surface area contributed by atoms with Crippen molar-refractivity contribution in [2.75, 3.05) is 0 Å². The molecule has 24 heavy (non-hydrogen) atoms. The van der Waals surface area contributed by atoms with Gasteiger partial charge >= 0.3 is 11.9 Å². The summed E-state index contributed by atoms with van der Waals surface area (Å²) in [5, 5.41) is 0. The molecule has 0 aromatic rings. The topological polar surface area (TPSA) is 61.8 Å². The molecule has 5 heteroatoms. The molecule has 0 aromatic heterocycles. The zero-order chi connectivity index (χ0) is 17.3. The van der Waals surface area contributed by atoms with Crippen LogP contribution in [0.4, 0.5) is 0 Å². The van der Waals surface area contributed by atoms with E-state index in [-0.39, 0.29) is 16.9 Å². The first-order valence-electron chi connectivity index (χ1n) is 8.63. The minimum atomic E-state index is -1.04. The summed E-state index contributed by atoms with van der Waals surface area (Å²) in [4.78, 5) is 24.7. The van der Waals surface area contributed by atoms with E-state index < -0.39 is 29.2 Å². The lowest BCUT2D eigenvalue weighted by molar-refractivity contribution is -0.236. The molecule has 0 unspecified atom stereocenters. The quantitative estimate of drug-likeness (QED) is 0.574. The van der Waals surface area contributed by atoms with E-state index in [1.54, 1.807) is 6.92 Å². The fraction of sp³-hybridized carbons (Fsp3) is 0.684. The molecule has 0 radical (unpaired) electrons. The number of hydrogen-bond acceptors (Lipinski definition) is 5. The molecule has 2 saturated heterocycles. The molecule has 0 N–H and O–H groups in total. The second-order valence-electron chi connectivity index (χ2n) is 8.67. The molecule has 128 valence electrons. The van der Waals surface area contributed by atoms with Crippen molar-refractivity contribution in [3.63, 3.8) is 0 Å². The third-order valence-electron chi connectivity index (χ3n) is 7.67. The van der Waals surface area contributed by atoms with Gasteiger partial charge in [-0.1, -0.05) is 20.1 Å². The van der Waals surface area contributed by atoms with Crippen LogP contribution in [0.25, 0.3) is 0 Å². The molecule has 5 nitrogen and oxygen atoms in total. The van der Waals surface area contributed by atoms with Crippen LogP contribution in [0.3, 0.4) is 0 Å². The van der Waals surface area contributed by atoms with E-state index in [4.69, 9.17) is 14.2 Å². The zero-order valence-electron chi connectivity index (χ0n) is 14.3. The van der Waals surface area contributed by atoms with Crippen molar-refractivity contribution >= 4 is 11.9 Å². The molecule has 2 aliphatic heterocycles. The SMILES string of the molecule is C=C(C)C(=O)O[C@H]1C[C@@]2(C)[C@H]3CC[C@@]4(C)O[C@@]15C(=C)C(=O)O[C@@]25[C@@H]34. The lowest BCUT2D eigenvalue weighted by Crippen LogP contribution is -2.70. The summed E-state index contributed by atoms with van der Waals surface area (Å²) in [5.74, 6) is -0.279. The van der Waals surface area contributed by atoms with Gasteiger partial charge in [0, 0.05) is 16.9 Å². The number of carbonyl (C=O) groups is 2. The van der Waals surface area contributed by atoms with Gasteiger partial charge in [-0.2, -0.15) is 0 Å². The van der Waals surface area contributed by atoms with Gasteiger partial charge in [0.2, 0.25) is 0 Å². The van der Waals surface area contributed by atoms with Crippen LogP contribution in [0.1, 0.15) is 40.0 Å². The third-order valence-corrected chi connectivity index (χ3v) is 7.67. The summed E-state index contributed by atoms with van der Waals surface area (Å²) in [6.07, 6.45) is 2.07. The average Bonchev–Trinajstić information content (AvgIpc) is 3.05. The van der Waals surface area contributed by atoms with Gasteiger partial charge in [0.15, 0.2) is 11.2 Å². The summed E-state index contributed by atoms with van der Waals surface area (Å²) < 4.78 is 18.4. The number of carbonyl (C=O) groups excluding carboxylic acids is 2. The molecule has 5 aliphatic rings. The van der Waals surface area contributed by atoms with E-state index >= 15 is 0 Å². The number of ether oxygens (including phenoxy) is 3. The third kappa shape index (κ3) is 1.08. The van der Waals surface area contributed by atoms with Crippen molar-refractivity contribution in [1.82, 2.24) is 0 Å². The van der Waals surface area contributed by atoms with Crippen LogP contribution in [0, 0.1) is 17.3 Å². The van der Waals surface area contributed by atoms with Crippen LogP contribution in [0.5, 0.6) is 0 Å². The van der Waals surface area contributed by atoms with Crippen LogP contribution < -0.4 is 0 Å². The highest BCUT2D eigenvalue weighted by molar-refractivity contribution is 5.96. The first kappa shape index (κ1) is 14.7. The summed E-state index contributed by atoms with van der Waals surface area (Å²) in [6, 6.07) is 0. The average molecular weight is 330 g/mol. The molecule has 3 aliphatic carbocycles. The number of esters is 2. The number of fused-ring (bicyclic) bond motifs is 1. The van der Waals surface area contributed by atoms with Gasteiger partial charge in [0.05, 0.1) is 11.2 Å². The summed E-state index contributed by atoms with van der Waals surface area (Å²) >= 11 is 0. The molecule has 7 atom stereocenters. The Kier molecular flexibility index (Phi) is 2.23. The van der Waals surface area contributed by atoms with E-state index in [0.29, 0.717) is 23.5 Å². The van der Waals surface area contributed by atoms with Crippen LogP contribution in [-0.4, -0.2) is 34.8 Å². The van der Waals surface area contributed by atoms with Crippen molar-refractivity contribution in [3.05, 3.63) is 24.3 Å². The van der Waals surface area contributed by atoms with Crippen molar-refractivity contribution in [3.8, 4) is 0 Å². The second-order valence-corrected chi connectivity index (χ2v) is 8.67. The van der Waals surface area contributed by atoms with Gasteiger partial charge in [0.1, 0.15) is 6.10 Å². The van der Waals surface area contributed by atoms with Crippen molar-refractivity contribution < 1.29 is 23.8 Å². The molecule has 0 bridgehead atoms. The Bertz CT molecular complexity index is 755. The van der Waals surface area contributed by atoms with E-state index in [0.717, 1.165) is 12.8 Å². The first-order valence-corrected chi connectivity index (χ1v) is 8.63. The van der Waals surface area contributed by atoms with E-state index in [1.807, 2.05) is 0 Å². The Hall–Kier alpha value is -1.62. The summed E-state index contributed by atoms with van der Waals surface area (Å²) in [5.41, 5.74) is -1.71. The van der Waals surface area contributed by atoms with Gasteiger partial charge in [0.25, 0.3) is 0 Å². The largest absolute Gasteiger partial charge is 0.455 e. The second kappa shape index (κ2) is 3.64. The highest BCUT2D eigenvalue weighted by Crippen LogP contribution is 2.86. The van der Waals surface area contributed by atoms with Gasteiger partial charge in [-0.15, -0.1) is 0 Å². The molecule has 0 amide bonds. The van der Waals surface area contributed by atoms with Crippen molar-refractivity contribution in [1.29, 1.82) is 0 Å². The Morgan fingerprint density at radius 3 is 2.75 bits per heavy atom. The maximum atomic E-state index is 12.4. The zero-order valence-corrected chi connectivity index (χ0v) is 14.3. The monoisotopic (exact) mass is 330 g/mol. The molecule has 5 rings (SSSR count).